The van der Waals surface area contributed by atoms with Gasteiger partial charge in [0.15, 0.2) is 0 Å². The van der Waals surface area contributed by atoms with Crippen molar-refractivity contribution < 1.29 is 30.8 Å². The summed E-state index contributed by atoms with van der Waals surface area (Å²) in [5.41, 5.74) is 0.372. The third kappa shape index (κ3) is 5.99. The highest BCUT2D eigenvalue weighted by molar-refractivity contribution is 7.92. The molecule has 0 unspecified atom stereocenters. The van der Waals surface area contributed by atoms with Gasteiger partial charge in [-0.15, -0.1) is 0 Å². The van der Waals surface area contributed by atoms with E-state index < -0.39 is 48.7 Å². The molecule has 0 fully saturated rings. The molecular weight excluding hydrogens is 423 g/mol. The van der Waals surface area contributed by atoms with Crippen molar-refractivity contribution in [2.45, 2.75) is 17.9 Å². The SMILES string of the molecule is COC(=O)[C@H](C)[C@H](NS(=O)(=O)c1ccc(NS(C)(=O)=O)cc1F)c1ccccc1. The topological polar surface area (TPSA) is 119 Å². The summed E-state index contributed by atoms with van der Waals surface area (Å²) in [5.74, 6) is -2.69. The molecule has 0 aliphatic carbocycles. The fourth-order valence-electron chi connectivity index (χ4n) is 2.67. The number of esters is 1. The van der Waals surface area contributed by atoms with E-state index in [1.807, 2.05) is 0 Å². The van der Waals surface area contributed by atoms with E-state index >= 15 is 0 Å². The molecule has 0 aliphatic rings. The van der Waals surface area contributed by atoms with E-state index in [1.54, 1.807) is 30.3 Å². The minimum Gasteiger partial charge on any atom is -0.469 e. The molecule has 0 heterocycles. The molecule has 2 aromatic carbocycles. The third-order valence-corrected chi connectivity index (χ3v) is 6.12. The highest BCUT2D eigenvalue weighted by atomic mass is 32.2. The smallest absolute Gasteiger partial charge is 0.310 e. The van der Waals surface area contributed by atoms with Crippen molar-refractivity contribution in [2.75, 3.05) is 18.1 Å². The number of hydrogen-bond donors (Lipinski definition) is 2. The quantitative estimate of drug-likeness (QED) is 0.602. The van der Waals surface area contributed by atoms with Crippen LogP contribution in [0.25, 0.3) is 0 Å². The van der Waals surface area contributed by atoms with E-state index in [9.17, 15) is 26.0 Å². The molecule has 0 radical (unpaired) electrons. The molecule has 11 heteroatoms. The molecule has 0 aliphatic heterocycles. The zero-order valence-electron chi connectivity index (χ0n) is 15.9. The minimum absolute atomic E-state index is 0.119. The molecule has 0 amide bonds. The van der Waals surface area contributed by atoms with Gasteiger partial charge in [0.2, 0.25) is 20.0 Å². The molecule has 0 spiro atoms. The van der Waals surface area contributed by atoms with E-state index in [4.69, 9.17) is 4.74 Å². The van der Waals surface area contributed by atoms with Crippen LogP contribution in [0.5, 0.6) is 0 Å². The number of rotatable bonds is 8. The molecule has 0 saturated heterocycles. The first-order valence-corrected chi connectivity index (χ1v) is 11.7. The maximum absolute atomic E-state index is 14.5. The number of halogens is 1. The Hall–Kier alpha value is -2.50. The van der Waals surface area contributed by atoms with Crippen LogP contribution >= 0.6 is 0 Å². The maximum atomic E-state index is 14.5. The number of nitrogens with one attached hydrogen (secondary N) is 2. The van der Waals surface area contributed by atoms with Crippen LogP contribution < -0.4 is 9.44 Å². The Bertz CT molecular complexity index is 1090. The molecule has 0 aromatic heterocycles. The standard InChI is InChI=1S/C18H21FN2O6S2/c1-12(18(22)27-2)17(13-7-5-4-6-8-13)21-29(25,26)16-10-9-14(11-15(16)19)20-28(3,23)24/h4-12,17,20-21H,1-3H3/t12-,17+/m1/s1. The van der Waals surface area contributed by atoms with Crippen molar-refractivity contribution in [3.05, 3.63) is 59.9 Å². The summed E-state index contributed by atoms with van der Waals surface area (Å²) in [6, 6.07) is 10.1. The molecule has 2 N–H and O–H groups in total. The highest BCUT2D eigenvalue weighted by Gasteiger charge is 2.32. The number of methoxy groups -OCH3 is 1. The summed E-state index contributed by atoms with van der Waals surface area (Å²) in [4.78, 5) is 11.3. The van der Waals surface area contributed by atoms with Crippen LogP contribution in [0.4, 0.5) is 10.1 Å². The van der Waals surface area contributed by atoms with Crippen molar-refractivity contribution in [1.82, 2.24) is 4.72 Å². The molecule has 2 aromatic rings. The Balaban J connectivity index is 2.41. The predicted molar refractivity (Wildman–Crippen MR) is 106 cm³/mol. The largest absolute Gasteiger partial charge is 0.469 e. The number of ether oxygens (including phenoxy) is 1. The van der Waals surface area contributed by atoms with Crippen LogP contribution in [0.1, 0.15) is 18.5 Å². The number of carbonyl (C=O) groups is 1. The molecule has 0 bridgehead atoms. The average Bonchev–Trinajstić information content (AvgIpc) is 2.64. The zero-order valence-corrected chi connectivity index (χ0v) is 17.6. The van der Waals surface area contributed by atoms with Crippen molar-refractivity contribution in [2.24, 2.45) is 5.92 Å². The zero-order chi connectivity index (χ0) is 21.8. The lowest BCUT2D eigenvalue weighted by molar-refractivity contribution is -0.145. The van der Waals surface area contributed by atoms with Crippen LogP contribution in [-0.2, 0) is 29.6 Å². The molecule has 158 valence electrons. The first kappa shape index (κ1) is 22.8. The normalized spacial score (nSPS) is 14.1. The Labute approximate surface area is 169 Å². The number of carbonyl (C=O) groups excluding carboxylic acids is 1. The number of anilines is 1. The first-order chi connectivity index (χ1) is 13.4. The summed E-state index contributed by atoms with van der Waals surface area (Å²) < 4.78 is 71.7. The summed E-state index contributed by atoms with van der Waals surface area (Å²) in [5, 5.41) is 0. The van der Waals surface area contributed by atoms with Gasteiger partial charge in [-0.1, -0.05) is 37.3 Å². The second-order valence-electron chi connectivity index (χ2n) is 6.34. The maximum Gasteiger partial charge on any atom is 0.310 e. The molecule has 29 heavy (non-hydrogen) atoms. The summed E-state index contributed by atoms with van der Waals surface area (Å²) >= 11 is 0. The van der Waals surface area contributed by atoms with Crippen LogP contribution in [0.3, 0.4) is 0 Å². The second kappa shape index (κ2) is 8.89. The lowest BCUT2D eigenvalue weighted by Crippen LogP contribution is -2.36. The number of benzene rings is 2. The summed E-state index contributed by atoms with van der Waals surface area (Å²) in [6.07, 6.45) is 0.885. The van der Waals surface area contributed by atoms with E-state index in [1.165, 1.54) is 14.0 Å². The van der Waals surface area contributed by atoms with Crippen LogP contribution in [0.2, 0.25) is 0 Å². The predicted octanol–water partition coefficient (Wildman–Crippen LogP) is 2.03. The molecular formula is C18H21FN2O6S2. The Morgan fingerprint density at radius 3 is 2.21 bits per heavy atom. The number of hydrogen-bond acceptors (Lipinski definition) is 6. The van der Waals surface area contributed by atoms with Gasteiger partial charge in [-0.25, -0.2) is 25.9 Å². The van der Waals surface area contributed by atoms with Gasteiger partial charge in [-0.3, -0.25) is 9.52 Å². The average molecular weight is 445 g/mol. The van der Waals surface area contributed by atoms with Gasteiger partial charge in [0.05, 0.1) is 31.0 Å². The highest BCUT2D eigenvalue weighted by Crippen LogP contribution is 2.27. The van der Waals surface area contributed by atoms with Crippen molar-refractivity contribution in [1.29, 1.82) is 0 Å². The fourth-order valence-corrected chi connectivity index (χ4v) is 4.59. The van der Waals surface area contributed by atoms with Gasteiger partial charge in [-0.05, 0) is 23.8 Å². The third-order valence-electron chi connectivity index (χ3n) is 4.04. The van der Waals surface area contributed by atoms with Crippen molar-refractivity contribution in [3.63, 3.8) is 0 Å². The van der Waals surface area contributed by atoms with Crippen LogP contribution in [0.15, 0.2) is 53.4 Å². The van der Waals surface area contributed by atoms with Crippen molar-refractivity contribution >= 4 is 31.7 Å². The Kier molecular flexibility index (Phi) is 6.98. The lowest BCUT2D eigenvalue weighted by Gasteiger charge is -2.24. The summed E-state index contributed by atoms with van der Waals surface area (Å²) in [6.45, 7) is 1.49. The van der Waals surface area contributed by atoms with E-state index in [0.717, 1.165) is 24.5 Å². The van der Waals surface area contributed by atoms with Gasteiger partial charge < -0.3 is 4.74 Å². The fraction of sp³-hybridized carbons (Fsp3) is 0.278. The van der Waals surface area contributed by atoms with E-state index in [2.05, 4.69) is 9.44 Å². The minimum atomic E-state index is -4.40. The monoisotopic (exact) mass is 444 g/mol. The van der Waals surface area contributed by atoms with Crippen molar-refractivity contribution in [3.8, 4) is 0 Å². The van der Waals surface area contributed by atoms with Gasteiger partial charge in [0.1, 0.15) is 10.7 Å². The van der Waals surface area contributed by atoms with E-state index in [-0.39, 0.29) is 5.69 Å². The number of sulfonamides is 2. The molecule has 2 atom stereocenters. The molecule has 2 rings (SSSR count). The van der Waals surface area contributed by atoms with Gasteiger partial charge in [-0.2, -0.15) is 0 Å². The molecule has 0 saturated carbocycles. The van der Waals surface area contributed by atoms with Crippen LogP contribution in [-0.4, -0.2) is 36.2 Å². The molecule has 8 nitrogen and oxygen atoms in total. The van der Waals surface area contributed by atoms with Gasteiger partial charge in [0, 0.05) is 0 Å². The first-order valence-electron chi connectivity index (χ1n) is 8.37. The van der Waals surface area contributed by atoms with Gasteiger partial charge >= 0.3 is 5.97 Å². The lowest BCUT2D eigenvalue weighted by atomic mass is 9.95. The van der Waals surface area contributed by atoms with Gasteiger partial charge in [0.25, 0.3) is 0 Å². The Morgan fingerprint density at radius 2 is 1.69 bits per heavy atom. The second-order valence-corrected chi connectivity index (χ2v) is 9.77. The Morgan fingerprint density at radius 1 is 1.07 bits per heavy atom. The van der Waals surface area contributed by atoms with E-state index in [0.29, 0.717) is 5.56 Å². The van der Waals surface area contributed by atoms with Crippen LogP contribution in [0, 0.1) is 11.7 Å². The summed E-state index contributed by atoms with van der Waals surface area (Å²) in [7, 11) is -6.87.